The molecule has 0 radical (unpaired) electrons. The van der Waals surface area contributed by atoms with Crippen molar-refractivity contribution >= 4 is 15.9 Å². The number of amides is 1. The first-order chi connectivity index (χ1) is 15.5. The Kier molecular flexibility index (Phi) is 7.28. The van der Waals surface area contributed by atoms with Crippen molar-refractivity contribution in [2.75, 3.05) is 32.7 Å². The van der Waals surface area contributed by atoms with Gasteiger partial charge in [0.05, 0.1) is 17.5 Å². The number of sulfonamides is 1. The normalized spacial score (nSPS) is 20.0. The molecule has 0 saturated carbocycles. The lowest BCUT2D eigenvalue weighted by Crippen LogP contribution is -2.51. The van der Waals surface area contributed by atoms with E-state index >= 15 is 0 Å². The summed E-state index contributed by atoms with van der Waals surface area (Å²) >= 11 is 0. The number of rotatable bonds is 7. The van der Waals surface area contributed by atoms with Crippen molar-refractivity contribution in [3.63, 3.8) is 0 Å². The van der Waals surface area contributed by atoms with Crippen LogP contribution in [0.3, 0.4) is 0 Å². The molecule has 172 valence electrons. The Labute approximate surface area is 191 Å². The van der Waals surface area contributed by atoms with Gasteiger partial charge in [-0.15, -0.1) is 0 Å². The molecule has 7 heteroatoms. The minimum absolute atomic E-state index is 0.00882. The molecule has 2 aromatic carbocycles. The zero-order valence-corrected chi connectivity index (χ0v) is 19.6. The third kappa shape index (κ3) is 5.22. The monoisotopic (exact) mass is 455 g/mol. The summed E-state index contributed by atoms with van der Waals surface area (Å²) in [6.45, 7) is 4.33. The molecule has 2 aliphatic rings. The predicted molar refractivity (Wildman–Crippen MR) is 126 cm³/mol. The summed E-state index contributed by atoms with van der Waals surface area (Å²) in [5.41, 5.74) is 3.71. The van der Waals surface area contributed by atoms with Gasteiger partial charge in [-0.1, -0.05) is 49.7 Å². The topological polar surface area (TPSA) is 69.7 Å². The molecule has 1 heterocycles. The minimum atomic E-state index is -3.50. The lowest BCUT2D eigenvalue weighted by molar-refractivity contribution is -0.123. The molecule has 4 rings (SSSR count). The number of hydrogen-bond donors (Lipinski definition) is 1. The molecule has 32 heavy (non-hydrogen) atoms. The van der Waals surface area contributed by atoms with Crippen LogP contribution in [0.2, 0.25) is 0 Å². The second-order valence-electron chi connectivity index (χ2n) is 8.79. The van der Waals surface area contributed by atoms with Crippen LogP contribution in [-0.2, 0) is 27.7 Å². The van der Waals surface area contributed by atoms with Gasteiger partial charge in [0.25, 0.3) is 0 Å². The molecular weight excluding hydrogens is 422 g/mol. The van der Waals surface area contributed by atoms with Gasteiger partial charge in [0.15, 0.2) is 0 Å². The summed E-state index contributed by atoms with van der Waals surface area (Å²) in [5, 5.41) is 3.19. The molecule has 1 atom stereocenters. The smallest absolute Gasteiger partial charge is 0.243 e. The average Bonchev–Trinajstić information content (AvgIpc) is 2.80. The van der Waals surface area contributed by atoms with Crippen LogP contribution in [-0.4, -0.2) is 56.3 Å². The fourth-order valence-corrected chi connectivity index (χ4v) is 6.16. The molecule has 1 aliphatic heterocycles. The number of aryl methyl sites for hydroxylation is 2. The van der Waals surface area contributed by atoms with Crippen molar-refractivity contribution in [3.05, 3.63) is 65.2 Å². The van der Waals surface area contributed by atoms with Crippen LogP contribution >= 0.6 is 0 Å². The number of nitrogens with zero attached hydrogens (tertiary/aromatic N) is 2. The van der Waals surface area contributed by atoms with Crippen molar-refractivity contribution < 1.29 is 13.2 Å². The number of fused-ring (bicyclic) bond motifs is 1. The van der Waals surface area contributed by atoms with E-state index in [1.54, 1.807) is 12.1 Å². The molecule has 1 saturated heterocycles. The van der Waals surface area contributed by atoms with Crippen molar-refractivity contribution in [1.82, 2.24) is 14.5 Å². The summed E-state index contributed by atoms with van der Waals surface area (Å²) < 4.78 is 27.5. The molecule has 0 spiro atoms. The highest BCUT2D eigenvalue weighted by Gasteiger charge is 2.29. The van der Waals surface area contributed by atoms with Crippen LogP contribution in [0.15, 0.2) is 53.4 Å². The van der Waals surface area contributed by atoms with Crippen LogP contribution < -0.4 is 5.32 Å². The largest absolute Gasteiger partial charge is 0.348 e. The van der Waals surface area contributed by atoms with E-state index in [0.29, 0.717) is 37.6 Å². The van der Waals surface area contributed by atoms with E-state index in [9.17, 15) is 13.2 Å². The Morgan fingerprint density at radius 3 is 2.47 bits per heavy atom. The van der Waals surface area contributed by atoms with Gasteiger partial charge in [0.1, 0.15) is 0 Å². The van der Waals surface area contributed by atoms with Crippen molar-refractivity contribution in [2.24, 2.45) is 0 Å². The van der Waals surface area contributed by atoms with Gasteiger partial charge in [-0.25, -0.2) is 8.42 Å². The van der Waals surface area contributed by atoms with E-state index in [0.717, 1.165) is 37.7 Å². The lowest BCUT2D eigenvalue weighted by Gasteiger charge is -2.34. The van der Waals surface area contributed by atoms with Gasteiger partial charge in [-0.3, -0.25) is 9.69 Å². The maximum atomic E-state index is 13.0. The minimum Gasteiger partial charge on any atom is -0.348 e. The highest BCUT2D eigenvalue weighted by molar-refractivity contribution is 7.89. The number of benzene rings is 2. The van der Waals surface area contributed by atoms with Crippen molar-refractivity contribution in [2.45, 2.75) is 50.0 Å². The second kappa shape index (κ2) is 10.1. The third-order valence-electron chi connectivity index (χ3n) is 6.50. The van der Waals surface area contributed by atoms with Crippen LogP contribution in [0.25, 0.3) is 0 Å². The van der Waals surface area contributed by atoms with Gasteiger partial charge in [0.2, 0.25) is 15.9 Å². The molecule has 1 fully saturated rings. The van der Waals surface area contributed by atoms with Crippen molar-refractivity contribution in [3.8, 4) is 0 Å². The zero-order valence-electron chi connectivity index (χ0n) is 18.8. The Bertz CT molecular complexity index is 1030. The molecule has 2 aromatic rings. The maximum absolute atomic E-state index is 13.0. The van der Waals surface area contributed by atoms with Gasteiger partial charge in [-0.05, 0) is 54.5 Å². The Balaban J connectivity index is 1.30. The number of carbonyl (C=O) groups excluding carboxylic acids is 1. The number of hydrogen-bond acceptors (Lipinski definition) is 4. The van der Waals surface area contributed by atoms with E-state index in [1.165, 1.54) is 15.4 Å². The first kappa shape index (κ1) is 23.0. The van der Waals surface area contributed by atoms with Gasteiger partial charge < -0.3 is 5.32 Å². The average molecular weight is 456 g/mol. The number of piperazine rings is 1. The highest BCUT2D eigenvalue weighted by Crippen LogP contribution is 2.29. The number of nitrogens with one attached hydrogen (secondary N) is 1. The fourth-order valence-electron chi connectivity index (χ4n) is 4.74. The lowest BCUT2D eigenvalue weighted by atomic mass is 9.88. The van der Waals surface area contributed by atoms with Crippen LogP contribution in [0.4, 0.5) is 0 Å². The van der Waals surface area contributed by atoms with Crippen LogP contribution in [0.5, 0.6) is 0 Å². The standard InChI is InChI=1S/C25H33N3O3S/c1-2-6-20-11-13-22(14-12-20)32(30,31)28-17-15-27(16-18-28)19-25(29)26-24-10-5-8-21-7-3-4-9-23(21)24/h3-4,7,9,11-14,24H,2,5-6,8,10,15-19H2,1H3,(H,26,29)/t24-/m1/s1. The predicted octanol–water partition coefficient (Wildman–Crippen LogP) is 3.14. The van der Waals surface area contributed by atoms with Gasteiger partial charge in [-0.2, -0.15) is 4.31 Å². The van der Waals surface area contributed by atoms with E-state index < -0.39 is 10.0 Å². The summed E-state index contributed by atoms with van der Waals surface area (Å²) in [6, 6.07) is 15.6. The molecule has 1 N–H and O–H groups in total. The van der Waals surface area contributed by atoms with Crippen molar-refractivity contribution in [1.29, 1.82) is 0 Å². The first-order valence-corrected chi connectivity index (χ1v) is 13.1. The summed E-state index contributed by atoms with van der Waals surface area (Å²) in [4.78, 5) is 15.1. The second-order valence-corrected chi connectivity index (χ2v) is 10.7. The maximum Gasteiger partial charge on any atom is 0.243 e. The first-order valence-electron chi connectivity index (χ1n) is 11.7. The third-order valence-corrected chi connectivity index (χ3v) is 8.42. The number of carbonyl (C=O) groups is 1. The molecule has 0 aromatic heterocycles. The quantitative estimate of drug-likeness (QED) is 0.696. The van der Waals surface area contributed by atoms with Crippen LogP contribution in [0, 0.1) is 0 Å². The SMILES string of the molecule is CCCc1ccc(S(=O)(=O)N2CCN(CC(=O)N[C@@H]3CCCc4ccccc43)CC2)cc1. The van der Waals surface area contributed by atoms with E-state index in [-0.39, 0.29) is 11.9 Å². The zero-order chi connectivity index (χ0) is 22.6. The summed E-state index contributed by atoms with van der Waals surface area (Å²) in [7, 11) is -3.50. The summed E-state index contributed by atoms with van der Waals surface area (Å²) in [5.74, 6) is 0.00882. The van der Waals surface area contributed by atoms with Gasteiger partial charge in [0, 0.05) is 26.2 Å². The van der Waals surface area contributed by atoms with Gasteiger partial charge >= 0.3 is 0 Å². The van der Waals surface area contributed by atoms with E-state index in [1.807, 2.05) is 23.1 Å². The van der Waals surface area contributed by atoms with E-state index in [2.05, 4.69) is 30.4 Å². The van der Waals surface area contributed by atoms with Crippen LogP contribution in [0.1, 0.15) is 48.9 Å². The molecule has 6 nitrogen and oxygen atoms in total. The molecule has 1 aliphatic carbocycles. The molecular formula is C25H33N3O3S. The Morgan fingerprint density at radius 2 is 1.75 bits per heavy atom. The molecule has 0 unspecified atom stereocenters. The molecule has 0 bridgehead atoms. The Hall–Kier alpha value is -2.22. The molecule has 1 amide bonds. The summed E-state index contributed by atoms with van der Waals surface area (Å²) in [6.07, 6.45) is 5.10. The fraction of sp³-hybridized carbons (Fsp3) is 0.480. The highest BCUT2D eigenvalue weighted by atomic mass is 32.2. The van der Waals surface area contributed by atoms with E-state index in [4.69, 9.17) is 0 Å². The Morgan fingerprint density at radius 1 is 1.03 bits per heavy atom.